The van der Waals surface area contributed by atoms with Gasteiger partial charge in [-0.3, -0.25) is 9.63 Å². The number of nitrogens with zero attached hydrogens (tertiary/aromatic N) is 3. The van der Waals surface area contributed by atoms with Gasteiger partial charge in [0.15, 0.2) is 0 Å². The number of carbonyl (C=O) groups excluding carboxylic acids is 1. The Morgan fingerprint density at radius 3 is 2.46 bits per heavy atom. The third-order valence-electron chi connectivity index (χ3n) is 7.31. The molecule has 0 amide bonds. The van der Waals surface area contributed by atoms with Crippen molar-refractivity contribution in [2.75, 3.05) is 6.79 Å². The molecule has 0 aliphatic carbocycles. The molecule has 0 aliphatic rings. The zero-order valence-corrected chi connectivity index (χ0v) is 28.0. The average molecular weight is 662 g/mol. The first kappa shape index (κ1) is 33.1. The Labute approximate surface area is 276 Å². The molecular formula is C35H36ClN3O6S. The lowest BCUT2D eigenvalue weighted by Crippen LogP contribution is -2.31. The summed E-state index contributed by atoms with van der Waals surface area (Å²) in [5.74, 6) is 0.0975. The predicted octanol–water partition coefficient (Wildman–Crippen LogP) is 8.64. The van der Waals surface area contributed by atoms with Crippen molar-refractivity contribution >= 4 is 51.1 Å². The van der Waals surface area contributed by atoms with Crippen LogP contribution < -0.4 is 4.74 Å². The molecule has 0 bridgehead atoms. The van der Waals surface area contributed by atoms with E-state index >= 15 is 0 Å². The highest BCUT2D eigenvalue weighted by atomic mass is 35.5. The van der Waals surface area contributed by atoms with Crippen LogP contribution in [0.4, 0.5) is 0 Å². The van der Waals surface area contributed by atoms with Crippen molar-refractivity contribution in [3.8, 4) is 5.75 Å². The van der Waals surface area contributed by atoms with E-state index in [0.717, 1.165) is 43.7 Å². The molecule has 0 saturated carbocycles. The standard InChI is InChI=1S/C35H36ClN3O6S/c1-34(2,3)46-32-28-18-27(43-21-26-15-12-24-8-6-7-9-29(24)37-26)16-17-30(28)38(20-23-10-13-25(36)14-11-23)31(32)19-35(4,5)33(40)44-22-45-39(41)42/h6-18H,19-22H2,1-5H3. The van der Waals surface area contributed by atoms with Gasteiger partial charge in [0.2, 0.25) is 6.79 Å². The minimum Gasteiger partial charge on any atom is -0.487 e. The number of hydrogen-bond acceptors (Lipinski definition) is 8. The molecule has 0 radical (unpaired) electrons. The van der Waals surface area contributed by atoms with Crippen molar-refractivity contribution in [3.05, 3.63) is 111 Å². The quantitative estimate of drug-likeness (QED) is 0.0430. The van der Waals surface area contributed by atoms with Gasteiger partial charge in [0, 0.05) is 49.6 Å². The molecule has 240 valence electrons. The third kappa shape index (κ3) is 8.10. The van der Waals surface area contributed by atoms with E-state index in [1.807, 2.05) is 78.9 Å². The molecule has 46 heavy (non-hydrogen) atoms. The number of esters is 1. The van der Waals surface area contributed by atoms with E-state index in [4.69, 9.17) is 26.1 Å². The van der Waals surface area contributed by atoms with Crippen LogP contribution in [0.2, 0.25) is 5.02 Å². The highest BCUT2D eigenvalue weighted by Crippen LogP contribution is 2.44. The number of fused-ring (bicyclic) bond motifs is 2. The smallest absolute Gasteiger partial charge is 0.313 e. The van der Waals surface area contributed by atoms with Gasteiger partial charge in [0.1, 0.15) is 12.4 Å². The molecule has 0 atom stereocenters. The largest absolute Gasteiger partial charge is 0.487 e. The van der Waals surface area contributed by atoms with Crippen LogP contribution in [0, 0.1) is 15.5 Å². The maximum atomic E-state index is 13.1. The molecule has 11 heteroatoms. The minimum atomic E-state index is -1.03. The molecule has 0 saturated heterocycles. The summed E-state index contributed by atoms with van der Waals surface area (Å²) in [4.78, 5) is 33.8. The minimum absolute atomic E-state index is 0.162. The monoisotopic (exact) mass is 661 g/mol. The van der Waals surface area contributed by atoms with Crippen LogP contribution in [0.25, 0.3) is 21.8 Å². The number of hydrogen-bond donors (Lipinski definition) is 0. The van der Waals surface area contributed by atoms with Gasteiger partial charge >= 0.3 is 5.97 Å². The molecule has 9 nitrogen and oxygen atoms in total. The van der Waals surface area contributed by atoms with E-state index in [2.05, 4.69) is 30.2 Å². The molecule has 3 aromatic carbocycles. The Bertz CT molecular complexity index is 1880. The molecule has 0 N–H and O–H groups in total. The zero-order chi connectivity index (χ0) is 33.1. The van der Waals surface area contributed by atoms with Crippen LogP contribution in [-0.2, 0) is 33.9 Å². The average Bonchev–Trinajstić information content (AvgIpc) is 3.26. The maximum absolute atomic E-state index is 13.1. The van der Waals surface area contributed by atoms with Gasteiger partial charge in [-0.1, -0.05) is 68.8 Å². The number of thioether (sulfide) groups is 1. The lowest BCUT2D eigenvalue weighted by Gasteiger charge is -2.26. The summed E-state index contributed by atoms with van der Waals surface area (Å²) in [5, 5.41) is 12.3. The maximum Gasteiger partial charge on any atom is 0.313 e. The molecule has 0 fully saturated rings. The molecular weight excluding hydrogens is 626 g/mol. The van der Waals surface area contributed by atoms with Gasteiger partial charge in [0.25, 0.3) is 5.09 Å². The fourth-order valence-electron chi connectivity index (χ4n) is 5.15. The van der Waals surface area contributed by atoms with Crippen molar-refractivity contribution in [3.63, 3.8) is 0 Å². The molecule has 0 spiro atoms. The highest BCUT2D eigenvalue weighted by molar-refractivity contribution is 8.00. The van der Waals surface area contributed by atoms with Gasteiger partial charge in [-0.15, -0.1) is 21.9 Å². The van der Waals surface area contributed by atoms with Gasteiger partial charge in [-0.25, -0.2) is 4.98 Å². The Balaban J connectivity index is 1.55. The number of pyridine rings is 1. The van der Waals surface area contributed by atoms with Crippen LogP contribution in [0.3, 0.4) is 0 Å². The van der Waals surface area contributed by atoms with Crippen molar-refractivity contribution < 1.29 is 24.2 Å². The second-order valence-corrected chi connectivity index (χ2v) is 14.9. The van der Waals surface area contributed by atoms with E-state index in [0.29, 0.717) is 30.3 Å². The zero-order valence-electron chi connectivity index (χ0n) is 26.4. The Morgan fingerprint density at radius 2 is 1.74 bits per heavy atom. The molecule has 5 rings (SSSR count). The van der Waals surface area contributed by atoms with Gasteiger partial charge < -0.3 is 14.0 Å². The molecule has 0 aliphatic heterocycles. The summed E-state index contributed by atoms with van der Waals surface area (Å²) < 4.78 is 13.5. The van der Waals surface area contributed by atoms with Crippen molar-refractivity contribution in [1.29, 1.82) is 0 Å². The van der Waals surface area contributed by atoms with Crippen LogP contribution in [0.5, 0.6) is 5.75 Å². The van der Waals surface area contributed by atoms with Crippen molar-refractivity contribution in [1.82, 2.24) is 9.55 Å². The summed E-state index contributed by atoms with van der Waals surface area (Å²) in [6.07, 6.45) is 0.308. The fraction of sp³-hybridized carbons (Fsp3) is 0.314. The number of halogens is 1. The molecule has 2 aromatic heterocycles. The van der Waals surface area contributed by atoms with E-state index in [1.165, 1.54) is 0 Å². The van der Waals surface area contributed by atoms with Gasteiger partial charge in [-0.2, -0.15) is 0 Å². The number of ether oxygens (including phenoxy) is 2. The summed E-state index contributed by atoms with van der Waals surface area (Å²) >= 11 is 7.90. The van der Waals surface area contributed by atoms with Crippen molar-refractivity contribution in [2.24, 2.45) is 5.41 Å². The van der Waals surface area contributed by atoms with Crippen LogP contribution in [0.15, 0.2) is 83.8 Å². The second kappa shape index (κ2) is 13.6. The van der Waals surface area contributed by atoms with E-state index < -0.39 is 23.3 Å². The van der Waals surface area contributed by atoms with Crippen molar-refractivity contribution in [2.45, 2.75) is 63.8 Å². The number of carbonyl (C=O) groups is 1. The summed E-state index contributed by atoms with van der Waals surface area (Å²) in [5.41, 5.74) is 3.67. The van der Waals surface area contributed by atoms with E-state index in [1.54, 1.807) is 25.6 Å². The highest BCUT2D eigenvalue weighted by Gasteiger charge is 2.34. The second-order valence-electron chi connectivity index (χ2n) is 12.6. The first-order valence-electron chi connectivity index (χ1n) is 14.8. The predicted molar refractivity (Wildman–Crippen MR) is 181 cm³/mol. The first-order chi connectivity index (χ1) is 21.8. The van der Waals surface area contributed by atoms with Gasteiger partial charge in [-0.05, 0) is 61.9 Å². The number of para-hydroxylation sites is 1. The number of rotatable bonds is 12. The van der Waals surface area contributed by atoms with Crippen LogP contribution in [-0.4, -0.2) is 32.1 Å². The molecule has 2 heterocycles. The topological polar surface area (TPSA) is 106 Å². The van der Waals surface area contributed by atoms with Crippen LogP contribution >= 0.6 is 23.4 Å². The van der Waals surface area contributed by atoms with E-state index in [9.17, 15) is 14.9 Å². The Morgan fingerprint density at radius 1 is 1.00 bits per heavy atom. The number of benzene rings is 3. The molecule has 5 aromatic rings. The Hall–Kier alpha value is -4.28. The van der Waals surface area contributed by atoms with E-state index in [-0.39, 0.29) is 4.75 Å². The lowest BCUT2D eigenvalue weighted by molar-refractivity contribution is -0.765. The summed E-state index contributed by atoms with van der Waals surface area (Å²) in [6, 6.07) is 25.7. The third-order valence-corrected chi connectivity index (χ3v) is 8.83. The van der Waals surface area contributed by atoms with Gasteiger partial charge in [0.05, 0.1) is 16.6 Å². The normalized spacial score (nSPS) is 12.0. The Kier molecular flexibility index (Phi) is 9.79. The SMILES string of the molecule is CC(C)(C)Sc1c(CC(C)(C)C(=O)OCO[N+](=O)[O-])n(Cc2ccc(Cl)cc2)c2ccc(OCc3ccc4ccccc4n3)cc12. The molecule has 0 unspecified atom stereocenters. The fourth-order valence-corrected chi connectivity index (χ4v) is 6.46. The summed E-state index contributed by atoms with van der Waals surface area (Å²) in [6.45, 7) is 10.0. The lowest BCUT2D eigenvalue weighted by atomic mass is 9.87. The van der Waals surface area contributed by atoms with Crippen LogP contribution in [0.1, 0.15) is 51.6 Å². The number of aromatic nitrogens is 2. The summed E-state index contributed by atoms with van der Waals surface area (Å²) in [7, 11) is 0. The first-order valence-corrected chi connectivity index (χ1v) is 16.0.